The quantitative estimate of drug-likeness (QED) is 0.746. The average Bonchev–Trinajstić information content (AvgIpc) is 2.93. The average molecular weight is 371 g/mol. The van der Waals surface area contributed by atoms with E-state index in [9.17, 15) is 8.42 Å². The van der Waals surface area contributed by atoms with Crippen LogP contribution in [-0.4, -0.2) is 52.6 Å². The van der Waals surface area contributed by atoms with E-state index in [4.69, 9.17) is 9.57 Å². The summed E-state index contributed by atoms with van der Waals surface area (Å²) in [6.45, 7) is 7.52. The van der Waals surface area contributed by atoms with Crippen LogP contribution >= 0.6 is 0 Å². The molecule has 7 heteroatoms. The van der Waals surface area contributed by atoms with Crippen LogP contribution < -0.4 is 4.72 Å². The van der Waals surface area contributed by atoms with E-state index in [0.29, 0.717) is 19.6 Å². The molecule has 0 saturated carbocycles. The Morgan fingerprint density at radius 3 is 2.48 bits per heavy atom. The van der Waals surface area contributed by atoms with Gasteiger partial charge in [-0.3, -0.25) is 4.84 Å². The summed E-state index contributed by atoms with van der Waals surface area (Å²) in [5.74, 6) is 0. The monoisotopic (exact) mass is 370 g/mol. The summed E-state index contributed by atoms with van der Waals surface area (Å²) in [6, 6.07) is 7.82. The third kappa shape index (κ3) is 5.01. The zero-order valence-electron chi connectivity index (χ0n) is 15.8. The number of nitrogens with one attached hydrogen (secondary N) is 1. The molecule has 0 spiro atoms. The smallest absolute Gasteiger partial charge is 0.218 e. The van der Waals surface area contributed by atoms with Gasteiger partial charge in [0, 0.05) is 27.3 Å². The fourth-order valence-corrected chi connectivity index (χ4v) is 4.55. The number of nitrogens with zero attached hydrogens (tertiary/aromatic N) is 1. The van der Waals surface area contributed by atoms with Crippen molar-refractivity contribution in [1.82, 2.24) is 9.79 Å². The second-order valence-electron chi connectivity index (χ2n) is 7.48. The predicted octanol–water partition coefficient (Wildman–Crippen LogP) is 2.23. The molecule has 2 atom stereocenters. The number of hydroxylamine groups is 2. The Morgan fingerprint density at radius 2 is 1.92 bits per heavy atom. The van der Waals surface area contributed by atoms with Crippen LogP contribution in [0.3, 0.4) is 0 Å². The largest absolute Gasteiger partial charge is 0.385 e. The van der Waals surface area contributed by atoms with Gasteiger partial charge in [-0.25, -0.2) is 13.1 Å². The number of benzene rings is 1. The molecule has 0 amide bonds. The molecule has 1 fully saturated rings. The normalized spacial score (nSPS) is 22.4. The standard InChI is InChI=1S/C18H30N2O4S/c1-18(2,3)15-9-7-14(8-10-15)17-16(13-24-20(17)4)25(21,22)19-11-6-12-23-5/h7-10,16-17,19H,6,11-13H2,1-5H3. The van der Waals surface area contributed by atoms with Gasteiger partial charge in [-0.1, -0.05) is 45.0 Å². The summed E-state index contributed by atoms with van der Waals surface area (Å²) in [5, 5.41) is 1.01. The van der Waals surface area contributed by atoms with Gasteiger partial charge in [0.25, 0.3) is 0 Å². The Kier molecular flexibility index (Phi) is 6.62. The molecule has 1 aliphatic rings. The lowest BCUT2D eigenvalue weighted by molar-refractivity contribution is -0.110. The second-order valence-corrected chi connectivity index (χ2v) is 9.47. The maximum atomic E-state index is 12.7. The Morgan fingerprint density at radius 1 is 1.28 bits per heavy atom. The Balaban J connectivity index is 2.17. The molecule has 2 unspecified atom stereocenters. The summed E-state index contributed by atoms with van der Waals surface area (Å²) in [7, 11) is -0.0982. The van der Waals surface area contributed by atoms with E-state index in [1.54, 1.807) is 19.2 Å². The van der Waals surface area contributed by atoms with Crippen molar-refractivity contribution in [3.63, 3.8) is 0 Å². The van der Waals surface area contributed by atoms with Crippen molar-refractivity contribution in [2.24, 2.45) is 0 Å². The fraction of sp³-hybridized carbons (Fsp3) is 0.667. The lowest BCUT2D eigenvalue weighted by Crippen LogP contribution is -2.39. The van der Waals surface area contributed by atoms with Crippen molar-refractivity contribution in [2.45, 2.75) is 43.9 Å². The molecule has 1 aromatic carbocycles. The highest BCUT2D eigenvalue weighted by Gasteiger charge is 2.43. The van der Waals surface area contributed by atoms with Crippen LogP contribution in [0.25, 0.3) is 0 Å². The fourth-order valence-electron chi connectivity index (χ4n) is 3.00. The van der Waals surface area contributed by atoms with E-state index in [0.717, 1.165) is 5.56 Å². The van der Waals surface area contributed by atoms with E-state index in [1.165, 1.54) is 5.56 Å². The SMILES string of the molecule is COCCCNS(=O)(=O)C1CON(C)C1c1ccc(C(C)(C)C)cc1. The van der Waals surface area contributed by atoms with E-state index in [-0.39, 0.29) is 18.1 Å². The molecule has 142 valence electrons. The molecule has 1 aromatic rings. The molecule has 25 heavy (non-hydrogen) atoms. The summed E-state index contributed by atoms with van der Waals surface area (Å²) in [5.41, 5.74) is 2.22. The van der Waals surface area contributed by atoms with Gasteiger partial charge in [-0.05, 0) is 23.0 Å². The molecular formula is C18H30N2O4S. The van der Waals surface area contributed by atoms with Crippen LogP contribution in [0.2, 0.25) is 0 Å². The maximum absolute atomic E-state index is 12.7. The van der Waals surface area contributed by atoms with Gasteiger partial charge in [0.15, 0.2) is 0 Å². The zero-order valence-corrected chi connectivity index (χ0v) is 16.6. The zero-order chi connectivity index (χ0) is 18.7. The number of hydrogen-bond acceptors (Lipinski definition) is 5. The summed E-state index contributed by atoms with van der Waals surface area (Å²) < 4.78 is 33.0. The first-order valence-corrected chi connectivity index (χ1v) is 10.1. The third-order valence-electron chi connectivity index (χ3n) is 4.53. The topological polar surface area (TPSA) is 67.9 Å². The Hall–Kier alpha value is -0.990. The highest BCUT2D eigenvalue weighted by molar-refractivity contribution is 7.90. The summed E-state index contributed by atoms with van der Waals surface area (Å²) >= 11 is 0. The lowest BCUT2D eigenvalue weighted by Gasteiger charge is -2.25. The van der Waals surface area contributed by atoms with Gasteiger partial charge in [0.1, 0.15) is 5.25 Å². The first-order chi connectivity index (χ1) is 11.7. The molecule has 0 aromatic heterocycles. The number of hydrogen-bond donors (Lipinski definition) is 1. The minimum Gasteiger partial charge on any atom is -0.385 e. The van der Waals surface area contributed by atoms with Crippen LogP contribution in [0, 0.1) is 0 Å². The minimum absolute atomic E-state index is 0.0605. The van der Waals surface area contributed by atoms with Gasteiger partial charge in [0.2, 0.25) is 10.0 Å². The Labute approximate surface area is 151 Å². The van der Waals surface area contributed by atoms with Crippen molar-refractivity contribution < 1.29 is 18.0 Å². The number of ether oxygens (including phenoxy) is 1. The van der Waals surface area contributed by atoms with Gasteiger partial charge < -0.3 is 4.74 Å². The van der Waals surface area contributed by atoms with E-state index < -0.39 is 15.3 Å². The maximum Gasteiger partial charge on any atom is 0.218 e. The molecule has 1 heterocycles. The van der Waals surface area contributed by atoms with Crippen LogP contribution in [-0.2, 0) is 25.0 Å². The highest BCUT2D eigenvalue weighted by Crippen LogP contribution is 2.34. The van der Waals surface area contributed by atoms with E-state index in [2.05, 4.69) is 37.6 Å². The third-order valence-corrected chi connectivity index (χ3v) is 6.33. The van der Waals surface area contributed by atoms with Crippen LogP contribution in [0.4, 0.5) is 0 Å². The van der Waals surface area contributed by atoms with Crippen LogP contribution in [0.1, 0.15) is 44.4 Å². The highest BCUT2D eigenvalue weighted by atomic mass is 32.2. The molecule has 2 rings (SSSR count). The first kappa shape index (κ1) is 20.3. The van der Waals surface area contributed by atoms with Crippen LogP contribution in [0.5, 0.6) is 0 Å². The molecule has 1 aliphatic heterocycles. The van der Waals surface area contributed by atoms with E-state index in [1.807, 2.05) is 12.1 Å². The molecule has 0 aliphatic carbocycles. The molecule has 1 saturated heterocycles. The Bertz CT molecular complexity index is 653. The van der Waals surface area contributed by atoms with Gasteiger partial charge in [-0.2, -0.15) is 5.06 Å². The molecule has 1 N–H and O–H groups in total. The number of rotatable bonds is 7. The molecule has 0 bridgehead atoms. The minimum atomic E-state index is -3.48. The predicted molar refractivity (Wildman–Crippen MR) is 98.8 cm³/mol. The molecule has 0 radical (unpaired) electrons. The van der Waals surface area contributed by atoms with Crippen molar-refractivity contribution >= 4 is 10.0 Å². The van der Waals surface area contributed by atoms with Gasteiger partial charge >= 0.3 is 0 Å². The second kappa shape index (κ2) is 8.14. The summed E-state index contributed by atoms with van der Waals surface area (Å²) in [4.78, 5) is 5.53. The van der Waals surface area contributed by atoms with Crippen molar-refractivity contribution in [2.75, 3.05) is 33.9 Å². The molecule has 6 nitrogen and oxygen atoms in total. The first-order valence-electron chi connectivity index (χ1n) is 8.60. The van der Waals surface area contributed by atoms with Crippen LogP contribution in [0.15, 0.2) is 24.3 Å². The molecular weight excluding hydrogens is 340 g/mol. The van der Waals surface area contributed by atoms with E-state index >= 15 is 0 Å². The van der Waals surface area contributed by atoms with Gasteiger partial charge in [0.05, 0.1) is 12.6 Å². The van der Waals surface area contributed by atoms with Crippen molar-refractivity contribution in [3.8, 4) is 0 Å². The van der Waals surface area contributed by atoms with Gasteiger partial charge in [-0.15, -0.1) is 0 Å². The number of sulfonamides is 1. The van der Waals surface area contributed by atoms with Crippen molar-refractivity contribution in [1.29, 1.82) is 0 Å². The number of methoxy groups -OCH3 is 1. The van der Waals surface area contributed by atoms with Crippen molar-refractivity contribution in [3.05, 3.63) is 35.4 Å². The summed E-state index contributed by atoms with van der Waals surface area (Å²) in [6.07, 6.45) is 0.643. The lowest BCUT2D eigenvalue weighted by atomic mass is 9.86.